The molecule has 0 amide bonds. The van der Waals surface area contributed by atoms with E-state index in [0.29, 0.717) is 25.7 Å². The molecule has 0 aliphatic heterocycles. The third-order valence-electron chi connectivity index (χ3n) is 20.9. The number of hydrogen-bond donors (Lipinski definition) is 3. The van der Waals surface area contributed by atoms with Gasteiger partial charge >= 0.3 is 39.5 Å². The molecule has 17 nitrogen and oxygen atoms in total. The lowest BCUT2D eigenvalue weighted by atomic mass is 10.0. The molecule has 0 aliphatic carbocycles. The maximum Gasteiger partial charge on any atom is 0.472 e. The molecule has 0 bridgehead atoms. The number of carbonyl (C=O) groups is 4. The van der Waals surface area contributed by atoms with Crippen LogP contribution in [0.5, 0.6) is 0 Å². The average molecular weight is 1580 g/mol. The number of phosphoric acid groups is 2. The van der Waals surface area contributed by atoms with E-state index in [9.17, 15) is 43.2 Å². The van der Waals surface area contributed by atoms with Crippen molar-refractivity contribution in [2.24, 2.45) is 17.8 Å². The molecule has 0 saturated heterocycles. The standard InChI is InChI=1S/C89H174O17P2/c1-8-9-10-11-12-13-14-25-35-42-49-56-63-70-86(91)99-76-84(106-89(94)73-66-59-52-45-38-31-24-28-34-41-48-55-62-69-82(6)7)78-103-107(95,96)101-74-83(90)75-102-108(97,98)104-79-85(77-100-87(92)71-64-57-50-43-36-29-23-19-21-27-33-40-47-54-61-68-81(4)5)105-88(93)72-65-58-51-44-37-30-22-18-16-15-17-20-26-32-39-46-53-60-67-80(2)3/h80-85,90H,8-79H2,1-7H3,(H,95,96)(H,97,98)/t83-,84+,85+/m0/s1. The summed E-state index contributed by atoms with van der Waals surface area (Å²) in [7, 11) is -9.93. The van der Waals surface area contributed by atoms with Crippen LogP contribution < -0.4 is 0 Å². The molecule has 0 aromatic carbocycles. The second-order valence-corrected chi connectivity index (χ2v) is 36.3. The lowest BCUT2D eigenvalue weighted by molar-refractivity contribution is -0.161. The van der Waals surface area contributed by atoms with Crippen LogP contribution >= 0.6 is 15.6 Å². The number of ether oxygens (including phenoxy) is 4. The smallest absolute Gasteiger partial charge is 0.462 e. The Hall–Kier alpha value is -1.94. The summed E-state index contributed by atoms with van der Waals surface area (Å²) in [6, 6.07) is 0. The number of aliphatic hydroxyl groups excluding tert-OH is 1. The van der Waals surface area contributed by atoms with Crippen molar-refractivity contribution in [1.82, 2.24) is 0 Å². The molecule has 0 rings (SSSR count). The van der Waals surface area contributed by atoms with Crippen molar-refractivity contribution in [3.05, 3.63) is 0 Å². The van der Waals surface area contributed by atoms with Crippen LogP contribution in [-0.4, -0.2) is 96.7 Å². The van der Waals surface area contributed by atoms with Crippen molar-refractivity contribution in [3.63, 3.8) is 0 Å². The first kappa shape index (κ1) is 106. The van der Waals surface area contributed by atoms with Crippen molar-refractivity contribution >= 4 is 39.5 Å². The van der Waals surface area contributed by atoms with Gasteiger partial charge in [-0.25, -0.2) is 9.13 Å². The largest absolute Gasteiger partial charge is 0.472 e. The molecular formula is C89H174O17P2. The van der Waals surface area contributed by atoms with E-state index in [1.807, 2.05) is 0 Å². The molecule has 19 heteroatoms. The predicted molar refractivity (Wildman–Crippen MR) is 446 cm³/mol. The second-order valence-electron chi connectivity index (χ2n) is 33.4. The molecule has 0 aliphatic rings. The van der Waals surface area contributed by atoms with Gasteiger partial charge in [-0.05, 0) is 43.4 Å². The monoisotopic (exact) mass is 1580 g/mol. The first-order chi connectivity index (χ1) is 52.2. The van der Waals surface area contributed by atoms with E-state index in [4.69, 9.17) is 37.0 Å². The van der Waals surface area contributed by atoms with Gasteiger partial charge in [0.05, 0.1) is 26.4 Å². The Balaban J connectivity index is 5.26. The molecule has 0 aromatic heterocycles. The molecule has 3 N–H and O–H groups in total. The summed E-state index contributed by atoms with van der Waals surface area (Å²) in [4.78, 5) is 73.4. The summed E-state index contributed by atoms with van der Waals surface area (Å²) >= 11 is 0. The molecule has 0 radical (unpaired) electrons. The zero-order chi connectivity index (χ0) is 79.3. The second kappa shape index (κ2) is 78.9. The minimum Gasteiger partial charge on any atom is -0.462 e. The van der Waals surface area contributed by atoms with Gasteiger partial charge in [0.1, 0.15) is 19.3 Å². The Bertz CT molecular complexity index is 2080. The lowest BCUT2D eigenvalue weighted by Crippen LogP contribution is -2.30. The Labute approximate surface area is 664 Å². The highest BCUT2D eigenvalue weighted by Crippen LogP contribution is 2.45. The van der Waals surface area contributed by atoms with E-state index in [1.54, 1.807) is 0 Å². The number of phosphoric ester groups is 2. The first-order valence-corrected chi connectivity index (χ1v) is 48.8. The van der Waals surface area contributed by atoms with Gasteiger partial charge in [-0.2, -0.15) is 0 Å². The van der Waals surface area contributed by atoms with Gasteiger partial charge in [-0.1, -0.05) is 421 Å². The van der Waals surface area contributed by atoms with E-state index in [2.05, 4.69) is 48.5 Å². The van der Waals surface area contributed by atoms with E-state index >= 15 is 0 Å². The normalized spacial score (nSPS) is 13.8. The van der Waals surface area contributed by atoms with E-state index < -0.39 is 97.5 Å². The Morgan fingerprint density at radius 2 is 0.426 bits per heavy atom. The molecule has 5 atom stereocenters. The van der Waals surface area contributed by atoms with E-state index in [1.165, 1.54) is 283 Å². The highest BCUT2D eigenvalue weighted by Gasteiger charge is 2.31. The third-order valence-corrected chi connectivity index (χ3v) is 22.8. The number of unbranched alkanes of at least 4 members (excludes halogenated alkanes) is 55. The Morgan fingerprint density at radius 3 is 0.630 bits per heavy atom. The van der Waals surface area contributed by atoms with Crippen LogP contribution in [0.2, 0.25) is 0 Å². The maximum absolute atomic E-state index is 13.2. The summed E-state index contributed by atoms with van der Waals surface area (Å²) in [6.07, 6.45) is 70.7. The maximum atomic E-state index is 13.2. The van der Waals surface area contributed by atoms with Gasteiger partial charge in [0.25, 0.3) is 0 Å². The van der Waals surface area contributed by atoms with Crippen LogP contribution in [0.15, 0.2) is 0 Å². The fourth-order valence-corrected chi connectivity index (χ4v) is 15.5. The molecule has 0 saturated carbocycles. The topological polar surface area (TPSA) is 237 Å². The van der Waals surface area contributed by atoms with Gasteiger partial charge in [-0.3, -0.25) is 37.3 Å². The quantitative estimate of drug-likeness (QED) is 0.0222. The minimum absolute atomic E-state index is 0.108. The molecule has 0 fully saturated rings. The summed E-state index contributed by atoms with van der Waals surface area (Å²) in [5.41, 5.74) is 0. The molecule has 2 unspecified atom stereocenters. The van der Waals surface area contributed by atoms with Crippen molar-refractivity contribution in [1.29, 1.82) is 0 Å². The minimum atomic E-state index is -4.97. The lowest BCUT2D eigenvalue weighted by Gasteiger charge is -2.21. The number of carbonyl (C=O) groups excluding carboxylic acids is 4. The molecule has 108 heavy (non-hydrogen) atoms. The highest BCUT2D eigenvalue weighted by atomic mass is 31.2. The van der Waals surface area contributed by atoms with Gasteiger partial charge < -0.3 is 33.8 Å². The number of aliphatic hydroxyl groups is 1. The predicted octanol–water partition coefficient (Wildman–Crippen LogP) is 27.3. The van der Waals surface area contributed by atoms with Gasteiger partial charge in [0.2, 0.25) is 0 Å². The van der Waals surface area contributed by atoms with Crippen molar-refractivity contribution in [2.45, 2.75) is 491 Å². The molecule has 642 valence electrons. The molecular weight excluding hydrogens is 1400 g/mol. The number of esters is 4. The SMILES string of the molecule is CCCCCCCCCCCCCCCC(=O)OC[C@H](COP(=O)(O)OC[C@H](O)COP(=O)(O)OC[C@@H](COC(=O)CCCCCCCCCCCCCCCCCC(C)C)OC(=O)CCCCCCCCCCCCCCCCCCCCC(C)C)OC(=O)CCCCCCCCCCCCCCCC(C)C. The Kier molecular flexibility index (Phi) is 77.5. The van der Waals surface area contributed by atoms with Crippen LogP contribution in [0, 0.1) is 17.8 Å². The van der Waals surface area contributed by atoms with Crippen LogP contribution in [0.1, 0.15) is 472 Å². The summed E-state index contributed by atoms with van der Waals surface area (Å²) < 4.78 is 69.0. The van der Waals surface area contributed by atoms with Crippen molar-refractivity contribution in [2.75, 3.05) is 39.6 Å². The van der Waals surface area contributed by atoms with Gasteiger partial charge in [0, 0.05) is 25.7 Å². The third kappa shape index (κ3) is 82.1. The van der Waals surface area contributed by atoms with E-state index in [-0.39, 0.29) is 25.7 Å². The summed E-state index contributed by atoms with van der Waals surface area (Å²) in [6.45, 7) is 12.1. The summed E-state index contributed by atoms with van der Waals surface area (Å²) in [5.74, 6) is 0.315. The van der Waals surface area contributed by atoms with Gasteiger partial charge in [0.15, 0.2) is 12.2 Å². The van der Waals surface area contributed by atoms with Crippen LogP contribution in [0.3, 0.4) is 0 Å². The van der Waals surface area contributed by atoms with Crippen molar-refractivity contribution < 1.29 is 80.2 Å². The van der Waals surface area contributed by atoms with Crippen LogP contribution in [0.25, 0.3) is 0 Å². The van der Waals surface area contributed by atoms with Crippen LogP contribution in [0.4, 0.5) is 0 Å². The fraction of sp³-hybridized carbons (Fsp3) is 0.955. The van der Waals surface area contributed by atoms with E-state index in [0.717, 1.165) is 108 Å². The van der Waals surface area contributed by atoms with Crippen molar-refractivity contribution in [3.8, 4) is 0 Å². The van der Waals surface area contributed by atoms with Gasteiger partial charge in [-0.15, -0.1) is 0 Å². The molecule has 0 heterocycles. The zero-order valence-electron chi connectivity index (χ0n) is 71.3. The first-order valence-electron chi connectivity index (χ1n) is 45.8. The Morgan fingerprint density at radius 1 is 0.250 bits per heavy atom. The summed E-state index contributed by atoms with van der Waals surface area (Å²) in [5, 5.41) is 10.7. The molecule has 0 aromatic rings. The number of rotatable bonds is 87. The molecule has 0 spiro atoms. The zero-order valence-corrected chi connectivity index (χ0v) is 73.1. The fourth-order valence-electron chi connectivity index (χ4n) is 13.9. The van der Waals surface area contributed by atoms with Crippen LogP contribution in [-0.2, 0) is 65.4 Å². The average Bonchev–Trinajstić information content (AvgIpc) is 0.897. The highest BCUT2D eigenvalue weighted by molar-refractivity contribution is 7.47. The number of hydrogen-bond acceptors (Lipinski definition) is 15.